The van der Waals surface area contributed by atoms with Crippen molar-refractivity contribution in [2.75, 3.05) is 47.8 Å². The molecule has 1 heterocycles. The molecule has 0 saturated carbocycles. The SMILES string of the molecule is Cc1c(/N=N/c2ccc(S(=O)(=O)NCCCN(C)C)cc2)c(O)n(CCCN(C)C)c(=O)c1C#N. The van der Waals surface area contributed by atoms with Gasteiger partial charge in [0.2, 0.25) is 15.9 Å². The van der Waals surface area contributed by atoms with Crippen molar-refractivity contribution >= 4 is 21.4 Å². The van der Waals surface area contributed by atoms with Crippen LogP contribution >= 0.6 is 0 Å². The number of rotatable bonds is 12. The van der Waals surface area contributed by atoms with Crippen molar-refractivity contribution in [2.24, 2.45) is 10.2 Å². The molecule has 2 N–H and O–H groups in total. The van der Waals surface area contributed by atoms with Gasteiger partial charge in [0.1, 0.15) is 11.6 Å². The van der Waals surface area contributed by atoms with Gasteiger partial charge in [-0.2, -0.15) is 10.4 Å². The second-order valence-electron chi connectivity index (χ2n) is 8.65. The fraction of sp³-hybridized carbons (Fsp3) is 0.478. The highest BCUT2D eigenvalue weighted by Gasteiger charge is 2.19. The first-order valence-electron chi connectivity index (χ1n) is 11.1. The molecular weight excluding hydrogens is 470 g/mol. The minimum atomic E-state index is -3.65. The van der Waals surface area contributed by atoms with Gasteiger partial charge in [-0.05, 0) is 85.3 Å². The summed E-state index contributed by atoms with van der Waals surface area (Å²) in [4.78, 5) is 16.7. The lowest BCUT2D eigenvalue weighted by Gasteiger charge is -2.14. The molecule has 0 unspecified atom stereocenters. The highest BCUT2D eigenvalue weighted by molar-refractivity contribution is 7.89. The van der Waals surface area contributed by atoms with Gasteiger partial charge in [0.25, 0.3) is 5.56 Å². The van der Waals surface area contributed by atoms with E-state index in [9.17, 15) is 23.6 Å². The summed E-state index contributed by atoms with van der Waals surface area (Å²) in [7, 11) is 3.99. The third-order valence-corrected chi connectivity index (χ3v) is 6.72. The van der Waals surface area contributed by atoms with Crippen LogP contribution in [0.3, 0.4) is 0 Å². The van der Waals surface area contributed by atoms with E-state index < -0.39 is 15.6 Å². The smallest absolute Gasteiger partial charge is 0.271 e. The van der Waals surface area contributed by atoms with Crippen LogP contribution in [-0.4, -0.2) is 75.7 Å². The predicted molar refractivity (Wildman–Crippen MR) is 134 cm³/mol. The number of nitrogens with one attached hydrogen (secondary N) is 1. The van der Waals surface area contributed by atoms with Crippen molar-refractivity contribution in [3.05, 3.63) is 45.7 Å². The number of pyridine rings is 1. The lowest BCUT2D eigenvalue weighted by Crippen LogP contribution is -2.27. The minimum absolute atomic E-state index is 0.0188. The standard InChI is InChI=1S/C23H33N7O4S/c1-17-20(16-24)22(31)30(15-7-14-29(4)5)23(32)21(17)27-26-18-8-10-19(11-9-18)35(33,34)25-12-6-13-28(2)3/h8-11,25,32H,6-7,12-15H2,1-5H3/b27-26+. The number of sulfonamides is 1. The molecule has 0 spiro atoms. The van der Waals surface area contributed by atoms with Gasteiger partial charge in [-0.3, -0.25) is 9.36 Å². The van der Waals surface area contributed by atoms with E-state index in [0.717, 1.165) is 11.1 Å². The Morgan fingerprint density at radius 1 is 1.06 bits per heavy atom. The zero-order chi connectivity index (χ0) is 26.2. The average molecular weight is 504 g/mol. The van der Waals surface area contributed by atoms with Crippen molar-refractivity contribution in [3.63, 3.8) is 0 Å². The largest absolute Gasteiger partial charge is 0.493 e. The van der Waals surface area contributed by atoms with Crippen molar-refractivity contribution in [2.45, 2.75) is 31.2 Å². The van der Waals surface area contributed by atoms with E-state index in [1.54, 1.807) is 0 Å². The van der Waals surface area contributed by atoms with E-state index in [2.05, 4.69) is 15.0 Å². The fourth-order valence-corrected chi connectivity index (χ4v) is 4.37. The van der Waals surface area contributed by atoms with Crippen LogP contribution in [0.4, 0.5) is 11.4 Å². The lowest BCUT2D eigenvalue weighted by atomic mass is 10.1. The summed E-state index contributed by atoms with van der Waals surface area (Å²) in [5.74, 6) is -0.366. The minimum Gasteiger partial charge on any atom is -0.493 e. The summed E-state index contributed by atoms with van der Waals surface area (Å²) in [5, 5.41) is 28.3. The lowest BCUT2D eigenvalue weighted by molar-refractivity contribution is 0.362. The number of aromatic nitrogens is 1. The Morgan fingerprint density at radius 3 is 2.23 bits per heavy atom. The molecule has 0 bridgehead atoms. The number of benzene rings is 1. The Hall–Kier alpha value is -3.11. The van der Waals surface area contributed by atoms with Crippen LogP contribution in [-0.2, 0) is 16.6 Å². The van der Waals surface area contributed by atoms with Gasteiger partial charge in [-0.15, -0.1) is 5.11 Å². The van der Waals surface area contributed by atoms with Crippen LogP contribution in [0.25, 0.3) is 0 Å². The third kappa shape index (κ3) is 7.69. The third-order valence-electron chi connectivity index (χ3n) is 5.24. The summed E-state index contributed by atoms with van der Waals surface area (Å²) in [6.45, 7) is 3.53. The quantitative estimate of drug-likeness (QED) is 0.334. The van der Waals surface area contributed by atoms with Crippen molar-refractivity contribution in [1.29, 1.82) is 5.26 Å². The van der Waals surface area contributed by atoms with Crippen molar-refractivity contribution in [3.8, 4) is 11.9 Å². The molecule has 1 aromatic heterocycles. The molecule has 0 saturated heterocycles. The van der Waals surface area contributed by atoms with Crippen molar-refractivity contribution < 1.29 is 13.5 Å². The van der Waals surface area contributed by atoms with Gasteiger partial charge in [-0.1, -0.05) is 0 Å². The zero-order valence-corrected chi connectivity index (χ0v) is 21.6. The molecule has 0 aliphatic rings. The molecule has 0 fully saturated rings. The molecule has 190 valence electrons. The summed E-state index contributed by atoms with van der Waals surface area (Å²) >= 11 is 0. The van der Waals surface area contributed by atoms with Crippen LogP contribution in [0.15, 0.2) is 44.2 Å². The first-order valence-corrected chi connectivity index (χ1v) is 12.6. The molecule has 1 aromatic carbocycles. The number of hydrogen-bond acceptors (Lipinski definition) is 9. The Kier molecular flexibility index (Phi) is 10.1. The molecule has 0 atom stereocenters. The predicted octanol–water partition coefficient (Wildman–Crippen LogP) is 2.33. The molecule has 0 radical (unpaired) electrons. The molecule has 35 heavy (non-hydrogen) atoms. The van der Waals surface area contributed by atoms with Crippen LogP contribution in [0.2, 0.25) is 0 Å². The Morgan fingerprint density at radius 2 is 1.66 bits per heavy atom. The maximum Gasteiger partial charge on any atom is 0.271 e. The summed E-state index contributed by atoms with van der Waals surface area (Å²) in [6, 6.07) is 7.69. The van der Waals surface area contributed by atoms with E-state index in [-0.39, 0.29) is 34.1 Å². The second-order valence-corrected chi connectivity index (χ2v) is 10.4. The van der Waals surface area contributed by atoms with Gasteiger partial charge in [0.15, 0.2) is 5.69 Å². The fourth-order valence-electron chi connectivity index (χ4n) is 3.29. The van der Waals surface area contributed by atoms with E-state index in [0.29, 0.717) is 31.6 Å². The van der Waals surface area contributed by atoms with Gasteiger partial charge in [0, 0.05) is 18.7 Å². The molecule has 2 rings (SSSR count). The molecule has 12 heteroatoms. The number of nitrogens with zero attached hydrogens (tertiary/aromatic N) is 6. The number of hydrogen-bond donors (Lipinski definition) is 2. The normalized spacial score (nSPS) is 12.1. The molecular formula is C23H33N7O4S. The maximum absolute atomic E-state index is 12.6. The van der Waals surface area contributed by atoms with E-state index in [1.165, 1.54) is 31.2 Å². The van der Waals surface area contributed by atoms with Gasteiger partial charge in [-0.25, -0.2) is 13.1 Å². The van der Waals surface area contributed by atoms with Gasteiger partial charge < -0.3 is 14.9 Å². The first kappa shape index (κ1) is 28.1. The monoisotopic (exact) mass is 503 g/mol. The zero-order valence-electron chi connectivity index (χ0n) is 20.8. The van der Waals surface area contributed by atoms with Crippen LogP contribution in [0, 0.1) is 18.3 Å². The topological polar surface area (TPSA) is 143 Å². The molecule has 0 amide bonds. The second kappa shape index (κ2) is 12.6. The van der Waals surface area contributed by atoms with E-state index in [4.69, 9.17) is 0 Å². The van der Waals surface area contributed by atoms with Gasteiger partial charge in [0.05, 0.1) is 10.6 Å². The Bertz CT molecular complexity index is 1240. The highest BCUT2D eigenvalue weighted by Crippen LogP contribution is 2.32. The van der Waals surface area contributed by atoms with Crippen LogP contribution < -0.4 is 10.3 Å². The molecule has 0 aliphatic heterocycles. The van der Waals surface area contributed by atoms with E-state index in [1.807, 2.05) is 44.1 Å². The Balaban J connectivity index is 2.26. The highest BCUT2D eigenvalue weighted by atomic mass is 32.2. The number of aromatic hydroxyl groups is 1. The first-order chi connectivity index (χ1) is 16.5. The number of nitriles is 1. The summed E-state index contributed by atoms with van der Waals surface area (Å²) < 4.78 is 28.6. The van der Waals surface area contributed by atoms with Gasteiger partial charge >= 0.3 is 0 Å². The molecule has 2 aromatic rings. The summed E-state index contributed by atoms with van der Waals surface area (Å²) in [6.07, 6.45) is 1.27. The average Bonchev–Trinajstić information content (AvgIpc) is 2.79. The maximum atomic E-state index is 12.6. The molecule has 0 aliphatic carbocycles. The van der Waals surface area contributed by atoms with Crippen molar-refractivity contribution in [1.82, 2.24) is 19.1 Å². The number of azo groups is 1. The van der Waals surface area contributed by atoms with Crippen LogP contribution in [0.1, 0.15) is 24.0 Å². The summed E-state index contributed by atoms with van der Waals surface area (Å²) in [5.41, 5.74) is -0.0931. The Labute approximate surface area is 206 Å². The van der Waals surface area contributed by atoms with Crippen LogP contribution in [0.5, 0.6) is 5.88 Å². The van der Waals surface area contributed by atoms with E-state index >= 15 is 0 Å². The molecule has 11 nitrogen and oxygen atoms in total.